The molecule has 2 aromatic heterocycles. The van der Waals surface area contributed by atoms with Crippen molar-refractivity contribution in [3.63, 3.8) is 0 Å². The van der Waals surface area contributed by atoms with Crippen LogP contribution in [-0.2, 0) is 24.2 Å². The number of aromatic nitrogens is 2. The highest BCUT2D eigenvalue weighted by Gasteiger charge is 2.26. The Morgan fingerprint density at radius 3 is 2.77 bits per heavy atom. The second kappa shape index (κ2) is 6.72. The first kappa shape index (κ1) is 17.8. The maximum absolute atomic E-state index is 12.4. The third-order valence-electron chi connectivity index (χ3n) is 4.46. The molecule has 0 atom stereocenters. The van der Waals surface area contributed by atoms with Crippen molar-refractivity contribution in [2.75, 3.05) is 5.32 Å². The highest BCUT2D eigenvalue weighted by atomic mass is 32.1. The van der Waals surface area contributed by atoms with Crippen LogP contribution >= 0.6 is 11.3 Å². The van der Waals surface area contributed by atoms with E-state index in [1.54, 1.807) is 13.8 Å². The molecule has 2 heterocycles. The van der Waals surface area contributed by atoms with Gasteiger partial charge in [0, 0.05) is 4.88 Å². The molecule has 3 rings (SSSR count). The van der Waals surface area contributed by atoms with E-state index in [1.807, 2.05) is 6.07 Å². The molecule has 0 unspecified atom stereocenters. The molecule has 0 fully saturated rings. The number of hydrogen-bond acceptors (Lipinski definition) is 6. The van der Waals surface area contributed by atoms with E-state index < -0.39 is 17.4 Å². The summed E-state index contributed by atoms with van der Waals surface area (Å²) < 4.78 is 0.960. The van der Waals surface area contributed by atoms with Gasteiger partial charge in [0.2, 0.25) is 5.91 Å². The van der Waals surface area contributed by atoms with E-state index in [1.165, 1.54) is 11.3 Å². The minimum atomic E-state index is -0.616. The van der Waals surface area contributed by atoms with Gasteiger partial charge in [-0.05, 0) is 44.2 Å². The Morgan fingerprint density at radius 1 is 1.38 bits per heavy atom. The van der Waals surface area contributed by atoms with Crippen LogP contribution in [0.5, 0.6) is 0 Å². The summed E-state index contributed by atoms with van der Waals surface area (Å²) in [6.45, 7) is 2.95. The highest BCUT2D eigenvalue weighted by Crippen LogP contribution is 2.38. The number of nitrogens with one attached hydrogen (secondary N) is 1. The summed E-state index contributed by atoms with van der Waals surface area (Å²) in [6, 6.07) is 1.85. The zero-order chi connectivity index (χ0) is 19.0. The van der Waals surface area contributed by atoms with E-state index in [0.717, 1.165) is 34.4 Å². The van der Waals surface area contributed by atoms with Crippen LogP contribution in [0.3, 0.4) is 0 Å². The summed E-state index contributed by atoms with van der Waals surface area (Å²) in [5.74, 6) is -1.08. The van der Waals surface area contributed by atoms with Crippen molar-refractivity contribution in [1.82, 2.24) is 9.78 Å². The predicted molar refractivity (Wildman–Crippen MR) is 96.2 cm³/mol. The van der Waals surface area contributed by atoms with Gasteiger partial charge in [-0.1, -0.05) is 0 Å². The first-order valence-corrected chi connectivity index (χ1v) is 8.87. The number of nitrogens with zero attached hydrogens (tertiary/aromatic N) is 3. The minimum Gasteiger partial charge on any atom is -0.365 e. The van der Waals surface area contributed by atoms with Gasteiger partial charge in [-0.3, -0.25) is 14.4 Å². The first-order chi connectivity index (χ1) is 12.3. The van der Waals surface area contributed by atoms with Gasteiger partial charge < -0.3 is 11.1 Å². The number of carbonyl (C=O) groups is 2. The van der Waals surface area contributed by atoms with E-state index in [4.69, 9.17) is 11.0 Å². The van der Waals surface area contributed by atoms with Crippen LogP contribution in [0.25, 0.3) is 0 Å². The van der Waals surface area contributed by atoms with Gasteiger partial charge in [0.25, 0.3) is 11.5 Å². The van der Waals surface area contributed by atoms with Crippen LogP contribution in [0.15, 0.2) is 4.79 Å². The fraction of sp³-hybridized carbons (Fsp3) is 0.353. The number of nitrogens with two attached hydrogens (primary N) is 1. The number of rotatable bonds is 4. The van der Waals surface area contributed by atoms with Gasteiger partial charge in [-0.15, -0.1) is 11.3 Å². The summed E-state index contributed by atoms with van der Waals surface area (Å²) in [5, 5.41) is 16.3. The maximum atomic E-state index is 12.4. The Morgan fingerprint density at radius 2 is 2.12 bits per heavy atom. The third-order valence-corrected chi connectivity index (χ3v) is 5.67. The molecule has 2 amide bonds. The molecule has 2 aromatic rings. The lowest BCUT2D eigenvalue weighted by atomic mass is 10.1. The monoisotopic (exact) mass is 371 g/mol. The average molecular weight is 371 g/mol. The molecule has 1 aliphatic rings. The van der Waals surface area contributed by atoms with Crippen molar-refractivity contribution in [3.05, 3.63) is 43.2 Å². The van der Waals surface area contributed by atoms with Crippen LogP contribution in [0.2, 0.25) is 0 Å². The molecule has 0 aromatic carbocycles. The van der Waals surface area contributed by atoms with Crippen molar-refractivity contribution in [3.8, 4) is 6.07 Å². The van der Waals surface area contributed by atoms with Gasteiger partial charge in [-0.25, -0.2) is 4.68 Å². The van der Waals surface area contributed by atoms with E-state index in [0.29, 0.717) is 21.8 Å². The lowest BCUT2D eigenvalue weighted by Gasteiger charge is -2.10. The Labute approximate surface area is 153 Å². The fourth-order valence-corrected chi connectivity index (χ4v) is 4.38. The van der Waals surface area contributed by atoms with Crippen LogP contribution in [0, 0.1) is 25.2 Å². The molecule has 0 bridgehead atoms. The molecule has 0 aliphatic heterocycles. The lowest BCUT2D eigenvalue weighted by molar-refractivity contribution is -0.117. The minimum absolute atomic E-state index is 0.0294. The van der Waals surface area contributed by atoms with Crippen molar-refractivity contribution in [2.24, 2.45) is 5.73 Å². The summed E-state index contributed by atoms with van der Waals surface area (Å²) in [7, 11) is 0. The zero-order valence-electron chi connectivity index (χ0n) is 14.4. The van der Waals surface area contributed by atoms with E-state index in [-0.39, 0.29) is 12.1 Å². The Balaban J connectivity index is 1.88. The Kier molecular flexibility index (Phi) is 4.61. The number of thiophene rings is 1. The van der Waals surface area contributed by atoms with Gasteiger partial charge in [-0.2, -0.15) is 10.4 Å². The number of carbonyl (C=O) groups excluding carboxylic acids is 2. The van der Waals surface area contributed by atoms with Crippen molar-refractivity contribution >= 4 is 28.2 Å². The van der Waals surface area contributed by atoms with Crippen LogP contribution in [-0.4, -0.2) is 21.6 Å². The van der Waals surface area contributed by atoms with Crippen LogP contribution in [0.4, 0.5) is 5.00 Å². The lowest BCUT2D eigenvalue weighted by Crippen LogP contribution is -2.32. The summed E-state index contributed by atoms with van der Waals surface area (Å²) >= 11 is 1.34. The number of primary amides is 1. The number of nitriles is 1. The normalized spacial score (nSPS) is 12.5. The highest BCUT2D eigenvalue weighted by molar-refractivity contribution is 7.17. The van der Waals surface area contributed by atoms with Gasteiger partial charge >= 0.3 is 0 Å². The number of fused-ring (bicyclic) bond motifs is 1. The largest absolute Gasteiger partial charge is 0.365 e. The summed E-state index contributed by atoms with van der Waals surface area (Å²) in [4.78, 5) is 37.5. The van der Waals surface area contributed by atoms with Crippen LogP contribution in [0.1, 0.15) is 44.0 Å². The molecular weight excluding hydrogens is 354 g/mol. The number of anilines is 1. The molecule has 9 heteroatoms. The van der Waals surface area contributed by atoms with E-state index in [2.05, 4.69) is 10.4 Å². The number of aryl methyl sites for hydroxylation is 2. The molecule has 0 saturated heterocycles. The van der Waals surface area contributed by atoms with Crippen molar-refractivity contribution < 1.29 is 9.59 Å². The van der Waals surface area contributed by atoms with Crippen LogP contribution < -0.4 is 16.6 Å². The molecule has 8 nitrogen and oxygen atoms in total. The average Bonchev–Trinajstić information content (AvgIpc) is 3.13. The third kappa shape index (κ3) is 2.99. The molecule has 1 aliphatic carbocycles. The quantitative estimate of drug-likeness (QED) is 0.828. The summed E-state index contributed by atoms with van der Waals surface area (Å²) in [6.07, 6.45) is 2.60. The molecule has 134 valence electrons. The van der Waals surface area contributed by atoms with Gasteiger partial charge in [0.15, 0.2) is 0 Å². The Hall–Kier alpha value is -2.99. The maximum Gasteiger partial charge on any atom is 0.285 e. The standard InChI is InChI=1S/C17H17N5O3S/c1-8-9(2)21-22(17(25)11(8)6-18)7-13(23)20-16-14(15(19)24)10-4-3-5-12(10)26-16/h3-5,7H2,1-2H3,(H2,19,24)(H,20,23). The SMILES string of the molecule is Cc1nn(CC(=O)Nc2sc3c(c2C(N)=O)CCC3)c(=O)c(C#N)c1C. The molecule has 3 N–H and O–H groups in total. The smallest absolute Gasteiger partial charge is 0.285 e. The van der Waals surface area contributed by atoms with E-state index in [9.17, 15) is 14.4 Å². The second-order valence-electron chi connectivity index (χ2n) is 6.13. The first-order valence-electron chi connectivity index (χ1n) is 8.06. The zero-order valence-corrected chi connectivity index (χ0v) is 15.2. The van der Waals surface area contributed by atoms with Gasteiger partial charge in [0.1, 0.15) is 23.2 Å². The molecule has 0 spiro atoms. The number of hydrogen-bond donors (Lipinski definition) is 2. The van der Waals surface area contributed by atoms with Crippen molar-refractivity contribution in [1.29, 1.82) is 5.26 Å². The number of amides is 2. The topological polar surface area (TPSA) is 131 Å². The summed E-state index contributed by atoms with van der Waals surface area (Å²) in [5.41, 5.74) is 7.09. The van der Waals surface area contributed by atoms with Gasteiger partial charge in [0.05, 0.1) is 11.3 Å². The molecule has 0 saturated carbocycles. The van der Waals surface area contributed by atoms with Crippen molar-refractivity contribution in [2.45, 2.75) is 39.7 Å². The fourth-order valence-electron chi connectivity index (χ4n) is 3.07. The second-order valence-corrected chi connectivity index (χ2v) is 7.24. The molecule has 0 radical (unpaired) electrons. The predicted octanol–water partition coefficient (Wildman–Crippen LogP) is 1.02. The van der Waals surface area contributed by atoms with E-state index >= 15 is 0 Å². The molecule has 26 heavy (non-hydrogen) atoms. The Bertz CT molecular complexity index is 1030. The molecular formula is C17H17N5O3S.